The normalized spacial score (nSPS) is 11.0. The van der Waals surface area contributed by atoms with Crippen LogP contribution in [0.1, 0.15) is 25.3 Å². The first-order valence-corrected chi connectivity index (χ1v) is 7.99. The van der Waals surface area contributed by atoms with Gasteiger partial charge in [0.1, 0.15) is 5.75 Å². The number of aryl methyl sites for hydroxylation is 2. The Morgan fingerprint density at radius 3 is 2.64 bits per heavy atom. The number of para-hydroxylation sites is 1. The Labute approximate surface area is 131 Å². The Morgan fingerprint density at radius 1 is 1.00 bits per heavy atom. The summed E-state index contributed by atoms with van der Waals surface area (Å²) in [5.74, 6) is 0.960. The first kappa shape index (κ1) is 14.6. The molecule has 1 aromatic heterocycles. The van der Waals surface area contributed by atoms with Gasteiger partial charge in [-0.1, -0.05) is 37.3 Å². The molecule has 3 nitrogen and oxygen atoms in total. The molecule has 3 heteroatoms. The highest BCUT2D eigenvalue weighted by atomic mass is 16.5. The van der Waals surface area contributed by atoms with Crippen molar-refractivity contribution in [2.24, 2.45) is 0 Å². The number of hydrogen-bond acceptors (Lipinski definition) is 2. The lowest BCUT2D eigenvalue weighted by Gasteiger charge is -2.07. The second kappa shape index (κ2) is 7.12. The Morgan fingerprint density at radius 2 is 1.82 bits per heavy atom. The van der Waals surface area contributed by atoms with Crippen molar-refractivity contribution in [1.82, 2.24) is 9.78 Å². The van der Waals surface area contributed by atoms with Gasteiger partial charge in [0, 0.05) is 11.9 Å². The molecular weight excluding hydrogens is 272 g/mol. The maximum atomic E-state index is 5.78. The van der Waals surface area contributed by atoms with Gasteiger partial charge in [0.15, 0.2) is 0 Å². The zero-order valence-corrected chi connectivity index (χ0v) is 13.0. The maximum Gasteiger partial charge on any atom is 0.119 e. The summed E-state index contributed by atoms with van der Waals surface area (Å²) in [6.07, 6.45) is 5.10. The number of hydrogen-bond donors (Lipinski definition) is 0. The molecule has 0 N–H and O–H groups in total. The van der Waals surface area contributed by atoms with Crippen molar-refractivity contribution in [2.45, 2.75) is 32.7 Å². The minimum atomic E-state index is 0.755. The van der Waals surface area contributed by atoms with Crippen molar-refractivity contribution in [3.05, 3.63) is 60.3 Å². The third-order valence-corrected chi connectivity index (χ3v) is 3.92. The van der Waals surface area contributed by atoms with Crippen LogP contribution in [0.4, 0.5) is 0 Å². The van der Waals surface area contributed by atoms with Crippen molar-refractivity contribution < 1.29 is 4.74 Å². The number of aromatic nitrogens is 2. The summed E-state index contributed by atoms with van der Waals surface area (Å²) in [7, 11) is 0. The molecule has 2 aromatic carbocycles. The van der Waals surface area contributed by atoms with Crippen LogP contribution in [0.25, 0.3) is 10.9 Å². The Balaban J connectivity index is 1.43. The van der Waals surface area contributed by atoms with Gasteiger partial charge < -0.3 is 4.74 Å². The smallest absolute Gasteiger partial charge is 0.119 e. The predicted molar refractivity (Wildman–Crippen MR) is 90.3 cm³/mol. The van der Waals surface area contributed by atoms with Crippen LogP contribution in [0.5, 0.6) is 5.75 Å². The van der Waals surface area contributed by atoms with Crippen LogP contribution >= 0.6 is 0 Å². The molecule has 0 bridgehead atoms. The number of rotatable bonds is 7. The highest BCUT2D eigenvalue weighted by molar-refractivity contribution is 5.78. The molecule has 114 valence electrons. The number of nitrogens with zero attached hydrogens (tertiary/aromatic N) is 2. The third kappa shape index (κ3) is 3.48. The molecular formula is C19H22N2O. The van der Waals surface area contributed by atoms with Crippen molar-refractivity contribution >= 4 is 10.9 Å². The quantitative estimate of drug-likeness (QED) is 0.602. The van der Waals surface area contributed by atoms with E-state index in [-0.39, 0.29) is 0 Å². The Bertz CT molecular complexity index is 716. The molecule has 1 heterocycles. The monoisotopic (exact) mass is 294 g/mol. The second-order valence-corrected chi connectivity index (χ2v) is 5.48. The molecule has 3 aromatic rings. The number of fused-ring (bicyclic) bond motifs is 1. The van der Waals surface area contributed by atoms with Gasteiger partial charge in [-0.15, -0.1) is 0 Å². The fourth-order valence-electron chi connectivity index (χ4n) is 2.58. The van der Waals surface area contributed by atoms with Crippen molar-refractivity contribution in [3.8, 4) is 5.75 Å². The lowest BCUT2D eigenvalue weighted by molar-refractivity contribution is 0.302. The first-order valence-electron chi connectivity index (χ1n) is 7.99. The van der Waals surface area contributed by atoms with Crippen LogP contribution < -0.4 is 4.74 Å². The van der Waals surface area contributed by atoms with E-state index in [0.717, 1.165) is 38.2 Å². The molecule has 3 rings (SSSR count). The minimum Gasteiger partial charge on any atom is -0.494 e. The van der Waals surface area contributed by atoms with Crippen LogP contribution in [0.3, 0.4) is 0 Å². The van der Waals surface area contributed by atoms with Gasteiger partial charge >= 0.3 is 0 Å². The summed E-state index contributed by atoms with van der Waals surface area (Å²) in [6.45, 7) is 3.85. The van der Waals surface area contributed by atoms with Gasteiger partial charge in [-0.2, -0.15) is 5.10 Å². The van der Waals surface area contributed by atoms with Crippen LogP contribution in [-0.4, -0.2) is 16.4 Å². The van der Waals surface area contributed by atoms with E-state index in [2.05, 4.69) is 59.2 Å². The lowest BCUT2D eigenvalue weighted by Crippen LogP contribution is -2.03. The minimum absolute atomic E-state index is 0.755. The summed E-state index contributed by atoms with van der Waals surface area (Å²) < 4.78 is 7.86. The zero-order chi connectivity index (χ0) is 15.2. The van der Waals surface area contributed by atoms with E-state index in [9.17, 15) is 0 Å². The number of ether oxygens (including phenoxy) is 1. The molecule has 0 atom stereocenters. The van der Waals surface area contributed by atoms with Crippen LogP contribution in [0.15, 0.2) is 54.7 Å². The SMILES string of the molecule is CCc1ccc(OCCCCn2ncc3ccccc32)cc1. The molecule has 0 fully saturated rings. The van der Waals surface area contributed by atoms with Gasteiger partial charge in [0.05, 0.1) is 18.3 Å². The third-order valence-electron chi connectivity index (χ3n) is 3.92. The van der Waals surface area contributed by atoms with Crippen molar-refractivity contribution in [1.29, 1.82) is 0 Å². The zero-order valence-electron chi connectivity index (χ0n) is 13.0. The molecule has 0 spiro atoms. The van der Waals surface area contributed by atoms with Crippen molar-refractivity contribution in [3.63, 3.8) is 0 Å². The van der Waals surface area contributed by atoms with E-state index < -0.39 is 0 Å². The average Bonchev–Trinajstić information content (AvgIpc) is 2.98. The molecule has 0 aliphatic carbocycles. The van der Waals surface area contributed by atoms with E-state index >= 15 is 0 Å². The lowest BCUT2D eigenvalue weighted by atomic mass is 10.2. The summed E-state index contributed by atoms with van der Waals surface area (Å²) >= 11 is 0. The summed E-state index contributed by atoms with van der Waals surface area (Å²) in [4.78, 5) is 0. The topological polar surface area (TPSA) is 27.1 Å². The van der Waals surface area contributed by atoms with Crippen LogP contribution in [-0.2, 0) is 13.0 Å². The largest absolute Gasteiger partial charge is 0.494 e. The molecule has 0 aliphatic rings. The molecule has 0 saturated heterocycles. The van der Waals surface area contributed by atoms with Gasteiger partial charge in [-0.05, 0) is 43.0 Å². The molecule has 0 aliphatic heterocycles. The molecule has 0 unspecified atom stereocenters. The molecule has 0 saturated carbocycles. The summed E-state index contributed by atoms with van der Waals surface area (Å²) in [6, 6.07) is 16.7. The van der Waals surface area contributed by atoms with E-state index in [1.165, 1.54) is 16.5 Å². The van der Waals surface area contributed by atoms with E-state index in [4.69, 9.17) is 4.74 Å². The Hall–Kier alpha value is -2.29. The summed E-state index contributed by atoms with van der Waals surface area (Å²) in [5, 5.41) is 5.65. The number of benzene rings is 2. The van der Waals surface area contributed by atoms with E-state index in [1.54, 1.807) is 0 Å². The second-order valence-electron chi connectivity index (χ2n) is 5.48. The first-order chi connectivity index (χ1) is 10.9. The Kier molecular flexibility index (Phi) is 4.74. The average molecular weight is 294 g/mol. The van der Waals surface area contributed by atoms with Gasteiger partial charge in [-0.3, -0.25) is 4.68 Å². The fraction of sp³-hybridized carbons (Fsp3) is 0.316. The van der Waals surface area contributed by atoms with E-state index in [1.807, 2.05) is 12.3 Å². The highest BCUT2D eigenvalue weighted by Crippen LogP contribution is 2.15. The fourth-order valence-corrected chi connectivity index (χ4v) is 2.58. The summed E-state index contributed by atoms with van der Waals surface area (Å²) in [5.41, 5.74) is 2.55. The van der Waals surface area contributed by atoms with Crippen LogP contribution in [0.2, 0.25) is 0 Å². The standard InChI is InChI=1S/C19H22N2O/c1-2-16-9-11-18(12-10-16)22-14-6-5-13-21-19-8-4-3-7-17(19)15-20-21/h3-4,7-12,15H,2,5-6,13-14H2,1H3. The highest BCUT2D eigenvalue weighted by Gasteiger charge is 2.01. The van der Waals surface area contributed by atoms with Gasteiger partial charge in [0.2, 0.25) is 0 Å². The van der Waals surface area contributed by atoms with Gasteiger partial charge in [-0.25, -0.2) is 0 Å². The van der Waals surface area contributed by atoms with Crippen molar-refractivity contribution in [2.75, 3.05) is 6.61 Å². The molecule has 22 heavy (non-hydrogen) atoms. The number of unbranched alkanes of at least 4 members (excludes halogenated alkanes) is 1. The molecule has 0 amide bonds. The van der Waals surface area contributed by atoms with E-state index in [0.29, 0.717) is 0 Å². The van der Waals surface area contributed by atoms with Gasteiger partial charge in [0.25, 0.3) is 0 Å². The maximum absolute atomic E-state index is 5.78. The molecule has 0 radical (unpaired) electrons. The predicted octanol–water partition coefficient (Wildman–Crippen LogP) is 4.46. The van der Waals surface area contributed by atoms with Crippen LogP contribution in [0, 0.1) is 0 Å².